The first kappa shape index (κ1) is 17.4. The van der Waals surface area contributed by atoms with Gasteiger partial charge >= 0.3 is 18.2 Å². The summed E-state index contributed by atoms with van der Waals surface area (Å²) < 4.78 is 39.6. The van der Waals surface area contributed by atoms with Gasteiger partial charge in [0.05, 0.1) is 4.87 Å². The van der Waals surface area contributed by atoms with Gasteiger partial charge in [-0.25, -0.2) is 9.59 Å². The number of ether oxygens (including phenoxy) is 1. The number of nitrogens with one attached hydrogen (secondary N) is 1. The summed E-state index contributed by atoms with van der Waals surface area (Å²) in [4.78, 5) is 21.2. The van der Waals surface area contributed by atoms with Crippen molar-refractivity contribution in [1.82, 2.24) is 5.32 Å². The maximum absolute atomic E-state index is 11.9. The van der Waals surface area contributed by atoms with E-state index in [1.165, 1.54) is 0 Å². The number of alkyl halides is 4. The van der Waals surface area contributed by atoms with Crippen LogP contribution >= 0.6 is 11.6 Å². The Balaban J connectivity index is 2.58. The van der Waals surface area contributed by atoms with Crippen LogP contribution in [0.5, 0.6) is 0 Å². The zero-order valence-corrected chi connectivity index (χ0v) is 11.4. The maximum atomic E-state index is 11.9. The van der Waals surface area contributed by atoms with E-state index < -0.39 is 35.8 Å². The fraction of sp³-hybridized carbons (Fsp3) is 0.500. The number of halogens is 4. The number of allylic oxidation sites excluding steroid dienone is 4. The highest BCUT2D eigenvalue weighted by molar-refractivity contribution is 6.25. The van der Waals surface area contributed by atoms with Crippen molar-refractivity contribution < 1.29 is 32.6 Å². The Kier molecular flexibility index (Phi) is 5.65. The SMILES string of the molecule is O=C(N[C@@H](CC1(Cl)C=CC=CC1)C(=O)O)OCC(F)(F)F. The Morgan fingerprint density at radius 3 is 2.57 bits per heavy atom. The molecule has 2 N–H and O–H groups in total. The first-order valence-corrected chi connectivity index (χ1v) is 6.25. The van der Waals surface area contributed by atoms with Gasteiger partial charge in [-0.2, -0.15) is 13.2 Å². The van der Waals surface area contributed by atoms with Crippen LogP contribution in [-0.4, -0.2) is 40.9 Å². The molecule has 2 atom stereocenters. The number of carboxylic acid groups (broad SMARTS) is 1. The number of carbonyl (C=O) groups excluding carboxylic acids is 1. The normalized spacial score (nSPS) is 22.7. The predicted octanol–water partition coefficient (Wildman–Crippen LogP) is 2.61. The third kappa shape index (κ3) is 6.52. The van der Waals surface area contributed by atoms with E-state index in [0.29, 0.717) is 6.42 Å². The lowest BCUT2D eigenvalue weighted by molar-refractivity contribution is -0.160. The monoisotopic (exact) mass is 327 g/mol. The fourth-order valence-electron chi connectivity index (χ4n) is 1.66. The fourth-order valence-corrected chi connectivity index (χ4v) is 1.98. The van der Waals surface area contributed by atoms with E-state index in [0.717, 1.165) is 0 Å². The van der Waals surface area contributed by atoms with Gasteiger partial charge in [0.2, 0.25) is 0 Å². The molecule has 0 aromatic carbocycles. The lowest BCUT2D eigenvalue weighted by Gasteiger charge is -2.27. The minimum atomic E-state index is -4.68. The van der Waals surface area contributed by atoms with Crippen LogP contribution in [0.25, 0.3) is 0 Å². The summed E-state index contributed by atoms with van der Waals surface area (Å²) in [7, 11) is 0. The topological polar surface area (TPSA) is 75.6 Å². The highest BCUT2D eigenvalue weighted by Crippen LogP contribution is 2.30. The molecule has 21 heavy (non-hydrogen) atoms. The summed E-state index contributed by atoms with van der Waals surface area (Å²) in [5.41, 5.74) is 0. The van der Waals surface area contributed by atoms with Gasteiger partial charge < -0.3 is 15.2 Å². The van der Waals surface area contributed by atoms with Gasteiger partial charge in [-0.3, -0.25) is 0 Å². The number of alkyl carbamates (subject to hydrolysis) is 1. The average Bonchev–Trinajstić information content (AvgIpc) is 2.35. The Morgan fingerprint density at radius 1 is 1.43 bits per heavy atom. The molecule has 1 aliphatic carbocycles. The molecule has 5 nitrogen and oxygen atoms in total. The highest BCUT2D eigenvalue weighted by Gasteiger charge is 2.34. The summed E-state index contributed by atoms with van der Waals surface area (Å²) in [5, 5.41) is 10.9. The van der Waals surface area contributed by atoms with Crippen LogP contribution in [0.1, 0.15) is 12.8 Å². The lowest BCUT2D eigenvalue weighted by Crippen LogP contribution is -2.45. The molecule has 0 aliphatic heterocycles. The molecule has 0 fully saturated rings. The zero-order chi connectivity index (χ0) is 16.1. The first-order valence-electron chi connectivity index (χ1n) is 5.87. The molecule has 0 bridgehead atoms. The van der Waals surface area contributed by atoms with Crippen LogP contribution in [0, 0.1) is 0 Å². The van der Waals surface area contributed by atoms with Crippen LogP contribution in [0.2, 0.25) is 0 Å². The minimum Gasteiger partial charge on any atom is -0.480 e. The number of amides is 1. The molecule has 0 heterocycles. The van der Waals surface area contributed by atoms with Gasteiger partial charge in [0.1, 0.15) is 6.04 Å². The smallest absolute Gasteiger partial charge is 0.422 e. The summed E-state index contributed by atoms with van der Waals surface area (Å²) in [5.74, 6) is -1.41. The van der Waals surface area contributed by atoms with Crippen molar-refractivity contribution in [2.24, 2.45) is 0 Å². The average molecular weight is 328 g/mol. The van der Waals surface area contributed by atoms with Gasteiger partial charge in [-0.05, 0) is 6.42 Å². The summed E-state index contributed by atoms with van der Waals surface area (Å²) in [6, 6.07) is -1.46. The first-order chi connectivity index (χ1) is 9.61. The highest BCUT2D eigenvalue weighted by atomic mass is 35.5. The van der Waals surface area contributed by atoms with Crippen molar-refractivity contribution in [1.29, 1.82) is 0 Å². The third-order valence-electron chi connectivity index (χ3n) is 2.60. The third-order valence-corrected chi connectivity index (χ3v) is 3.03. The number of rotatable bonds is 5. The number of hydrogen-bond acceptors (Lipinski definition) is 3. The number of carboxylic acids is 1. The van der Waals surface area contributed by atoms with Crippen LogP contribution in [0.3, 0.4) is 0 Å². The molecule has 9 heteroatoms. The molecule has 118 valence electrons. The molecule has 1 amide bonds. The van der Waals surface area contributed by atoms with Gasteiger partial charge in [0.25, 0.3) is 0 Å². The zero-order valence-electron chi connectivity index (χ0n) is 10.7. The quantitative estimate of drug-likeness (QED) is 0.761. The van der Waals surface area contributed by atoms with Crippen molar-refractivity contribution in [3.8, 4) is 0 Å². The predicted molar refractivity (Wildman–Crippen MR) is 68.1 cm³/mol. The van der Waals surface area contributed by atoms with Gasteiger partial charge in [-0.1, -0.05) is 24.3 Å². The van der Waals surface area contributed by atoms with E-state index >= 15 is 0 Å². The summed E-state index contributed by atoms with van der Waals surface area (Å²) in [6.45, 7) is -1.79. The van der Waals surface area contributed by atoms with Crippen molar-refractivity contribution in [2.75, 3.05) is 6.61 Å². The molecular weight excluding hydrogens is 315 g/mol. The van der Waals surface area contributed by atoms with Crippen molar-refractivity contribution >= 4 is 23.7 Å². The Labute approximate surface area is 123 Å². The standard InChI is InChI=1S/C12H13ClF3NO4/c13-11(4-2-1-3-5-11)6-8(9(18)19)17-10(20)21-7-12(14,15)16/h1-4,8H,5-7H2,(H,17,20)(H,18,19)/t8-,11?/m0/s1. The van der Waals surface area contributed by atoms with Crippen LogP contribution < -0.4 is 5.32 Å². The van der Waals surface area contributed by atoms with E-state index in [2.05, 4.69) is 4.74 Å². The molecule has 1 aliphatic rings. The van der Waals surface area contributed by atoms with Gasteiger partial charge in [-0.15, -0.1) is 11.6 Å². The molecule has 0 radical (unpaired) electrons. The Hall–Kier alpha value is -1.70. The second kappa shape index (κ2) is 6.84. The van der Waals surface area contributed by atoms with Crippen molar-refractivity contribution in [3.63, 3.8) is 0 Å². The van der Waals surface area contributed by atoms with Crippen molar-refractivity contribution in [2.45, 2.75) is 29.9 Å². The van der Waals surface area contributed by atoms with Crippen molar-refractivity contribution in [3.05, 3.63) is 24.3 Å². The molecule has 0 spiro atoms. The lowest BCUT2D eigenvalue weighted by atomic mass is 9.92. The van der Waals surface area contributed by atoms with Gasteiger partial charge in [0.15, 0.2) is 6.61 Å². The largest absolute Gasteiger partial charge is 0.480 e. The van der Waals surface area contributed by atoms with Crippen LogP contribution in [0.15, 0.2) is 24.3 Å². The van der Waals surface area contributed by atoms with E-state index in [-0.39, 0.29) is 6.42 Å². The second-order valence-corrected chi connectivity index (χ2v) is 5.21. The summed E-state index contributed by atoms with van der Waals surface area (Å²) >= 11 is 6.17. The van der Waals surface area contributed by atoms with E-state index in [1.54, 1.807) is 24.3 Å². The van der Waals surface area contributed by atoms with Gasteiger partial charge in [0, 0.05) is 6.42 Å². The molecule has 1 rings (SSSR count). The van der Waals surface area contributed by atoms with Crippen LogP contribution in [0.4, 0.5) is 18.0 Å². The molecule has 0 saturated heterocycles. The van der Waals surface area contributed by atoms with E-state index in [4.69, 9.17) is 16.7 Å². The molecular formula is C12H13ClF3NO4. The number of carbonyl (C=O) groups is 2. The van der Waals surface area contributed by atoms with Crippen LogP contribution in [-0.2, 0) is 9.53 Å². The Morgan fingerprint density at radius 2 is 2.10 bits per heavy atom. The number of aliphatic carboxylic acids is 1. The maximum Gasteiger partial charge on any atom is 0.422 e. The molecule has 0 aromatic rings. The van der Waals surface area contributed by atoms with E-state index in [1.807, 2.05) is 5.32 Å². The minimum absolute atomic E-state index is 0.189. The van der Waals surface area contributed by atoms with E-state index in [9.17, 15) is 22.8 Å². The Bertz CT molecular complexity index is 464. The second-order valence-electron chi connectivity index (χ2n) is 4.46. The molecule has 0 saturated carbocycles. The number of hydrogen-bond donors (Lipinski definition) is 2. The summed E-state index contributed by atoms with van der Waals surface area (Å²) in [6.07, 6.45) is 0.635. The molecule has 1 unspecified atom stereocenters. The molecule has 0 aromatic heterocycles.